The molecule has 1 heterocycles. The van der Waals surface area contributed by atoms with Crippen LogP contribution < -0.4 is 15.4 Å². The van der Waals surface area contributed by atoms with Crippen LogP contribution in [0.15, 0.2) is 69.8 Å². The number of anilines is 1. The van der Waals surface area contributed by atoms with Crippen molar-refractivity contribution >= 4 is 39.6 Å². The van der Waals surface area contributed by atoms with Gasteiger partial charge in [0, 0.05) is 17.8 Å². The van der Waals surface area contributed by atoms with E-state index in [1.54, 1.807) is 37.3 Å². The first-order valence-electron chi connectivity index (χ1n) is 9.33. The lowest BCUT2D eigenvalue weighted by Crippen LogP contribution is -2.24. The maximum Gasteiger partial charge on any atom is 0.513 e. The fraction of sp³-hybridized carbons (Fsp3) is 0.136. The van der Waals surface area contributed by atoms with Gasteiger partial charge in [0.15, 0.2) is 10.4 Å². The van der Waals surface area contributed by atoms with E-state index in [9.17, 15) is 14.4 Å². The Labute approximate surface area is 186 Å². The van der Waals surface area contributed by atoms with Gasteiger partial charge in [0.2, 0.25) is 0 Å². The van der Waals surface area contributed by atoms with E-state index in [1.165, 1.54) is 24.3 Å². The molecule has 0 atom stereocenters. The highest BCUT2D eigenvalue weighted by Gasteiger charge is 2.14. The van der Waals surface area contributed by atoms with Gasteiger partial charge in [-0.1, -0.05) is 18.2 Å². The van der Waals surface area contributed by atoms with E-state index < -0.39 is 12.1 Å². The van der Waals surface area contributed by atoms with Crippen LogP contribution in [0.5, 0.6) is 5.75 Å². The molecule has 0 spiro atoms. The highest BCUT2D eigenvalue weighted by Crippen LogP contribution is 2.19. The Morgan fingerprint density at radius 1 is 0.968 bits per heavy atom. The molecule has 1 aromatic heterocycles. The molecule has 3 rings (SSSR count). The Kier molecular flexibility index (Phi) is 7.45. The summed E-state index contributed by atoms with van der Waals surface area (Å²) in [6, 6.07) is 16.4. The van der Waals surface area contributed by atoms with Crippen molar-refractivity contribution in [1.29, 1.82) is 0 Å². The lowest BCUT2D eigenvalue weighted by Gasteiger charge is -2.11. The second-order valence-corrected chi connectivity index (χ2v) is 6.99. The molecule has 0 saturated heterocycles. The topological polar surface area (TPSA) is 107 Å². The first-order valence-corrected chi connectivity index (χ1v) is 10.1. The number of para-hydroxylation sites is 1. The summed E-state index contributed by atoms with van der Waals surface area (Å²) in [5.74, 6) is -0.288. The summed E-state index contributed by atoms with van der Waals surface area (Å²) >= 11 is 3.16. The molecule has 160 valence electrons. The zero-order valence-electron chi connectivity index (χ0n) is 16.5. The van der Waals surface area contributed by atoms with E-state index in [-0.39, 0.29) is 30.6 Å². The molecule has 0 aliphatic carbocycles. The molecular formula is C22H19BrN2O6. The number of rotatable bonds is 7. The molecule has 0 fully saturated rings. The monoisotopic (exact) mass is 486 g/mol. The fourth-order valence-electron chi connectivity index (χ4n) is 2.61. The average molecular weight is 487 g/mol. The maximum absolute atomic E-state index is 12.5. The molecule has 0 saturated carbocycles. The summed E-state index contributed by atoms with van der Waals surface area (Å²) in [4.78, 5) is 36.1. The minimum absolute atomic E-state index is 0.163. The first-order chi connectivity index (χ1) is 15.0. The first kappa shape index (κ1) is 22.1. The zero-order chi connectivity index (χ0) is 22.2. The molecule has 31 heavy (non-hydrogen) atoms. The van der Waals surface area contributed by atoms with Crippen molar-refractivity contribution in [1.82, 2.24) is 5.32 Å². The molecule has 8 nitrogen and oxygen atoms in total. The average Bonchev–Trinajstić information content (AvgIpc) is 3.20. The second kappa shape index (κ2) is 10.4. The minimum Gasteiger partial charge on any atom is -0.444 e. The maximum atomic E-state index is 12.5. The summed E-state index contributed by atoms with van der Waals surface area (Å²) in [7, 11) is 0. The number of nitrogens with one attached hydrogen (secondary N) is 2. The molecule has 3 aromatic rings. The van der Waals surface area contributed by atoms with Crippen LogP contribution in [0.2, 0.25) is 0 Å². The van der Waals surface area contributed by atoms with Crippen LogP contribution in [0.25, 0.3) is 0 Å². The van der Waals surface area contributed by atoms with Crippen LogP contribution >= 0.6 is 15.9 Å². The van der Waals surface area contributed by atoms with Gasteiger partial charge in [-0.15, -0.1) is 0 Å². The zero-order valence-corrected chi connectivity index (χ0v) is 18.1. The van der Waals surface area contributed by atoms with Gasteiger partial charge in [-0.25, -0.2) is 4.79 Å². The third kappa shape index (κ3) is 6.19. The summed E-state index contributed by atoms with van der Waals surface area (Å²) in [6.45, 7) is 2.08. The summed E-state index contributed by atoms with van der Waals surface area (Å²) in [5, 5.41) is 5.57. The lowest BCUT2D eigenvalue weighted by molar-refractivity contribution is 0.0950. The largest absolute Gasteiger partial charge is 0.513 e. The second-order valence-electron chi connectivity index (χ2n) is 6.21. The smallest absolute Gasteiger partial charge is 0.444 e. The molecule has 0 radical (unpaired) electrons. The molecule has 9 heteroatoms. The minimum atomic E-state index is -0.805. The molecule has 2 amide bonds. The van der Waals surface area contributed by atoms with E-state index in [0.29, 0.717) is 15.9 Å². The summed E-state index contributed by atoms with van der Waals surface area (Å²) in [5.41, 5.74) is 1.66. The van der Waals surface area contributed by atoms with E-state index in [4.69, 9.17) is 13.9 Å². The van der Waals surface area contributed by atoms with Crippen LogP contribution in [0.3, 0.4) is 0 Å². The Hall–Kier alpha value is -3.59. The predicted octanol–water partition coefficient (Wildman–Crippen LogP) is 4.76. The van der Waals surface area contributed by atoms with Crippen molar-refractivity contribution in [2.24, 2.45) is 0 Å². The standard InChI is InChI=1S/C22H19BrN2O6/c1-2-29-22(28)30-16-9-7-14(8-10-16)20(26)24-13-15-5-3-4-6-17(15)25-21(27)18-11-12-19(23)31-18/h3-12H,2,13H2,1H3,(H,24,26)(H,25,27). The summed E-state index contributed by atoms with van der Waals surface area (Å²) in [6.07, 6.45) is -0.805. The van der Waals surface area contributed by atoms with Crippen LogP contribution in [-0.4, -0.2) is 24.6 Å². The van der Waals surface area contributed by atoms with Crippen LogP contribution in [-0.2, 0) is 11.3 Å². The van der Waals surface area contributed by atoms with Crippen molar-refractivity contribution in [3.63, 3.8) is 0 Å². The van der Waals surface area contributed by atoms with E-state index in [1.807, 2.05) is 6.07 Å². The van der Waals surface area contributed by atoms with Gasteiger partial charge in [0.05, 0.1) is 6.61 Å². The van der Waals surface area contributed by atoms with Crippen LogP contribution in [0.4, 0.5) is 10.5 Å². The fourth-order valence-corrected chi connectivity index (χ4v) is 2.92. The number of hydrogen-bond donors (Lipinski definition) is 2. The van der Waals surface area contributed by atoms with Gasteiger partial charge in [-0.05, 0) is 70.9 Å². The molecule has 2 N–H and O–H groups in total. The van der Waals surface area contributed by atoms with Crippen molar-refractivity contribution in [3.8, 4) is 5.75 Å². The molecule has 0 aliphatic rings. The quantitative estimate of drug-likeness (QED) is 0.368. The van der Waals surface area contributed by atoms with Gasteiger partial charge >= 0.3 is 6.16 Å². The van der Waals surface area contributed by atoms with Crippen molar-refractivity contribution in [2.45, 2.75) is 13.5 Å². The number of halogens is 1. The molecule has 0 bridgehead atoms. The summed E-state index contributed by atoms with van der Waals surface area (Å²) < 4.78 is 15.4. The van der Waals surface area contributed by atoms with Crippen molar-refractivity contribution in [3.05, 3.63) is 82.2 Å². The Morgan fingerprint density at radius 2 is 1.71 bits per heavy atom. The van der Waals surface area contributed by atoms with Crippen molar-refractivity contribution in [2.75, 3.05) is 11.9 Å². The third-order valence-electron chi connectivity index (χ3n) is 4.08. The third-order valence-corrected chi connectivity index (χ3v) is 4.51. The number of carbonyl (C=O) groups is 3. The number of benzene rings is 2. The number of furan rings is 1. The van der Waals surface area contributed by atoms with E-state index in [2.05, 4.69) is 26.6 Å². The van der Waals surface area contributed by atoms with Gasteiger partial charge in [0.1, 0.15) is 5.75 Å². The Morgan fingerprint density at radius 3 is 2.39 bits per heavy atom. The highest BCUT2D eigenvalue weighted by molar-refractivity contribution is 9.10. The number of carbonyl (C=O) groups excluding carboxylic acids is 3. The van der Waals surface area contributed by atoms with Crippen LogP contribution in [0, 0.1) is 0 Å². The van der Waals surface area contributed by atoms with Crippen molar-refractivity contribution < 1.29 is 28.3 Å². The van der Waals surface area contributed by atoms with E-state index >= 15 is 0 Å². The lowest BCUT2D eigenvalue weighted by atomic mass is 10.1. The van der Waals surface area contributed by atoms with Gasteiger partial charge < -0.3 is 24.5 Å². The van der Waals surface area contributed by atoms with E-state index in [0.717, 1.165) is 5.56 Å². The number of ether oxygens (including phenoxy) is 2. The Bertz CT molecular complexity index is 1080. The molecule has 0 aliphatic heterocycles. The number of amides is 2. The highest BCUT2D eigenvalue weighted by atomic mass is 79.9. The SMILES string of the molecule is CCOC(=O)Oc1ccc(C(=O)NCc2ccccc2NC(=O)c2ccc(Br)o2)cc1. The molecule has 2 aromatic carbocycles. The number of hydrogen-bond acceptors (Lipinski definition) is 6. The molecular weight excluding hydrogens is 468 g/mol. The van der Waals surface area contributed by atoms with Gasteiger partial charge in [-0.2, -0.15) is 0 Å². The van der Waals surface area contributed by atoms with Gasteiger partial charge in [0.25, 0.3) is 11.8 Å². The van der Waals surface area contributed by atoms with Gasteiger partial charge in [-0.3, -0.25) is 9.59 Å². The predicted molar refractivity (Wildman–Crippen MR) is 116 cm³/mol. The van der Waals surface area contributed by atoms with Crippen LogP contribution in [0.1, 0.15) is 33.4 Å². The molecule has 0 unspecified atom stereocenters. The normalized spacial score (nSPS) is 10.3. The Balaban J connectivity index is 1.60.